The van der Waals surface area contributed by atoms with E-state index in [1.54, 1.807) is 134 Å². The zero-order valence-corrected chi connectivity index (χ0v) is 47.8. The Bertz CT molecular complexity index is 3630. The van der Waals surface area contributed by atoms with Gasteiger partial charge in [-0.1, -0.05) is 36.4 Å². The van der Waals surface area contributed by atoms with Gasteiger partial charge in [-0.2, -0.15) is 0 Å². The molecule has 0 bridgehead atoms. The first kappa shape index (κ1) is 67.3. The molecule has 17 N–H and O–H groups in total. The van der Waals surface area contributed by atoms with Crippen molar-refractivity contribution in [2.45, 2.75) is 0 Å². The van der Waals surface area contributed by atoms with Gasteiger partial charge >= 0.3 is 0 Å². The van der Waals surface area contributed by atoms with Crippen LogP contribution in [-0.2, 0) is 0 Å². The zero-order chi connectivity index (χ0) is 66.4. The van der Waals surface area contributed by atoms with E-state index in [4.69, 9.17) is 31.3 Å². The molecular weight excluding hydrogens is 1190 g/mol. The number of nitrogen functional groups attached to an aromatic ring is 1. The SMILES string of the molecule is Nc1ccccn1.O=C(Nc1ccccn1)c1ccc(O)cc1O.O=C(Nc1ccccn1)c1ccc(O)cc1O.O=C(Nc1ccccn1)c1ccc(O)cc1O.O=C(Nc1ccccn1)c1ccc(O)cc1O.O=C(Nc1ccccn1)c1ccc(O)cc1O. The molecule has 0 spiro atoms. The van der Waals surface area contributed by atoms with E-state index in [0.717, 1.165) is 30.3 Å². The van der Waals surface area contributed by atoms with Crippen molar-refractivity contribution >= 4 is 64.4 Å². The summed E-state index contributed by atoms with van der Waals surface area (Å²) in [5.74, 6) is -1.78. The number of anilines is 6. The van der Waals surface area contributed by atoms with Gasteiger partial charge in [-0.15, -0.1) is 0 Å². The molecular formula is C65H56N12O15. The number of pyridine rings is 6. The fourth-order valence-corrected chi connectivity index (χ4v) is 7.04. The highest BCUT2D eigenvalue weighted by Crippen LogP contribution is 2.28. The van der Waals surface area contributed by atoms with E-state index >= 15 is 0 Å². The number of nitrogens with two attached hydrogens (primary N) is 1. The van der Waals surface area contributed by atoms with E-state index in [9.17, 15) is 49.5 Å². The molecule has 11 rings (SSSR count). The van der Waals surface area contributed by atoms with Crippen molar-refractivity contribution in [3.63, 3.8) is 0 Å². The number of benzene rings is 5. The molecule has 0 aliphatic carbocycles. The first-order valence-corrected chi connectivity index (χ1v) is 26.6. The number of aromatic hydroxyl groups is 10. The van der Waals surface area contributed by atoms with Crippen LogP contribution in [0.1, 0.15) is 51.8 Å². The van der Waals surface area contributed by atoms with Crippen molar-refractivity contribution < 1.29 is 75.0 Å². The van der Waals surface area contributed by atoms with Crippen LogP contribution in [0.3, 0.4) is 0 Å². The zero-order valence-electron chi connectivity index (χ0n) is 47.8. The third-order valence-corrected chi connectivity index (χ3v) is 11.3. The maximum Gasteiger partial charge on any atom is 0.260 e. The molecule has 0 fully saturated rings. The fourth-order valence-electron chi connectivity index (χ4n) is 7.04. The quantitative estimate of drug-likeness (QED) is 0.0606. The minimum absolute atomic E-state index is 0.0773. The van der Waals surface area contributed by atoms with Gasteiger partial charge in [-0.3, -0.25) is 24.0 Å². The predicted octanol–water partition coefficient (Wildman–Crippen LogP) is 9.39. The molecule has 0 saturated carbocycles. The van der Waals surface area contributed by atoms with Crippen LogP contribution in [0.2, 0.25) is 0 Å². The van der Waals surface area contributed by atoms with Gasteiger partial charge in [-0.25, -0.2) is 29.9 Å². The van der Waals surface area contributed by atoms with Crippen molar-refractivity contribution in [1.82, 2.24) is 29.9 Å². The molecule has 0 aliphatic rings. The van der Waals surface area contributed by atoms with E-state index in [1.165, 1.54) is 60.7 Å². The molecule has 0 saturated heterocycles. The molecule has 6 heterocycles. The number of nitrogens with zero attached hydrogens (tertiary/aromatic N) is 6. The van der Waals surface area contributed by atoms with Crippen LogP contribution in [0.5, 0.6) is 57.5 Å². The molecule has 11 aromatic rings. The van der Waals surface area contributed by atoms with Crippen molar-refractivity contribution in [3.05, 3.63) is 265 Å². The van der Waals surface area contributed by atoms with E-state index in [2.05, 4.69) is 56.5 Å². The number of rotatable bonds is 10. The average Bonchev–Trinajstić information content (AvgIpc) is 2.51. The standard InChI is InChI=1S/5C12H10N2O3.C5H6N2/c5*15-8-4-5-9(10(16)7-8)12(17)14-11-3-1-2-6-13-11;6-5-3-1-2-4-7-5/h5*1-7,15-16H,(H,13,14,17);1-4H,(H2,6,7). The van der Waals surface area contributed by atoms with Gasteiger partial charge in [0.25, 0.3) is 29.5 Å². The van der Waals surface area contributed by atoms with Gasteiger partial charge < -0.3 is 83.4 Å². The van der Waals surface area contributed by atoms with Gasteiger partial charge in [0.1, 0.15) is 92.4 Å². The van der Waals surface area contributed by atoms with Gasteiger partial charge in [-0.05, 0) is 133 Å². The second kappa shape index (κ2) is 34.3. The van der Waals surface area contributed by atoms with Gasteiger partial charge in [0, 0.05) is 67.5 Å². The summed E-state index contributed by atoms with van der Waals surface area (Å²) in [6, 6.07) is 49.8. The summed E-state index contributed by atoms with van der Waals surface area (Å²) in [6.07, 6.45) is 9.40. The summed E-state index contributed by atoms with van der Waals surface area (Å²) in [4.78, 5) is 82.2. The lowest BCUT2D eigenvalue weighted by atomic mass is 10.2. The molecule has 92 heavy (non-hydrogen) atoms. The maximum atomic E-state index is 11.8. The van der Waals surface area contributed by atoms with Gasteiger partial charge in [0.2, 0.25) is 0 Å². The molecule has 466 valence electrons. The monoisotopic (exact) mass is 1240 g/mol. The minimum atomic E-state index is -0.485. The molecule has 27 heteroatoms. The van der Waals surface area contributed by atoms with Crippen molar-refractivity contribution in [2.24, 2.45) is 0 Å². The number of phenols is 10. The van der Waals surface area contributed by atoms with E-state index in [0.29, 0.717) is 34.9 Å². The number of nitrogens with one attached hydrogen (secondary N) is 5. The van der Waals surface area contributed by atoms with Crippen LogP contribution in [0.25, 0.3) is 0 Å². The second-order valence-electron chi connectivity index (χ2n) is 18.1. The topological polar surface area (TPSA) is 451 Å². The number of phenolic OH excluding ortho intramolecular Hbond substituents is 10. The number of hydrogen-bond acceptors (Lipinski definition) is 22. The summed E-state index contributed by atoms with van der Waals surface area (Å²) in [5.41, 5.74) is 5.63. The Kier molecular flexibility index (Phi) is 25.1. The van der Waals surface area contributed by atoms with Crippen LogP contribution >= 0.6 is 0 Å². The molecule has 0 atom stereocenters. The molecule has 0 aliphatic heterocycles. The summed E-state index contributed by atoms with van der Waals surface area (Å²) in [7, 11) is 0. The summed E-state index contributed by atoms with van der Waals surface area (Å²) in [6.45, 7) is 0. The Morgan fingerprint density at radius 3 is 0.565 bits per heavy atom. The van der Waals surface area contributed by atoms with Crippen molar-refractivity contribution in [1.29, 1.82) is 0 Å². The maximum absolute atomic E-state index is 11.8. The van der Waals surface area contributed by atoms with Crippen LogP contribution in [0.4, 0.5) is 34.9 Å². The smallest absolute Gasteiger partial charge is 0.260 e. The molecule has 6 aromatic heterocycles. The lowest BCUT2D eigenvalue weighted by molar-refractivity contribution is 0.101. The van der Waals surface area contributed by atoms with Crippen LogP contribution < -0.4 is 32.3 Å². The van der Waals surface area contributed by atoms with E-state index in [1.807, 2.05) is 12.1 Å². The number of aromatic nitrogens is 6. The molecule has 0 radical (unpaired) electrons. The van der Waals surface area contributed by atoms with E-state index < -0.39 is 29.5 Å². The average molecular weight is 1250 g/mol. The highest BCUT2D eigenvalue weighted by molar-refractivity contribution is 6.08. The minimum Gasteiger partial charge on any atom is -0.508 e. The highest BCUT2D eigenvalue weighted by atomic mass is 16.3. The predicted molar refractivity (Wildman–Crippen MR) is 338 cm³/mol. The second-order valence-corrected chi connectivity index (χ2v) is 18.1. The third kappa shape index (κ3) is 22.2. The number of amides is 5. The number of hydrogen-bond donors (Lipinski definition) is 16. The Balaban J connectivity index is 0.000000178. The first-order chi connectivity index (χ1) is 44.2. The number of carbonyl (C=O) groups excluding carboxylic acids is 5. The summed E-state index contributed by atoms with van der Waals surface area (Å²) < 4.78 is 0. The largest absolute Gasteiger partial charge is 0.508 e. The number of carbonyl (C=O) groups is 5. The Labute approximate surface area is 522 Å². The van der Waals surface area contributed by atoms with Gasteiger partial charge in [0.05, 0.1) is 27.8 Å². The highest BCUT2D eigenvalue weighted by Gasteiger charge is 2.16. The van der Waals surface area contributed by atoms with E-state index in [-0.39, 0.29) is 85.3 Å². The van der Waals surface area contributed by atoms with Crippen LogP contribution in [0, 0.1) is 0 Å². The molecule has 5 amide bonds. The Morgan fingerprint density at radius 1 is 0.250 bits per heavy atom. The van der Waals surface area contributed by atoms with Crippen molar-refractivity contribution in [2.75, 3.05) is 32.3 Å². The van der Waals surface area contributed by atoms with Crippen molar-refractivity contribution in [3.8, 4) is 57.5 Å². The van der Waals surface area contributed by atoms with Crippen LogP contribution in [-0.4, -0.2) is 111 Å². The molecule has 0 unspecified atom stereocenters. The first-order valence-electron chi connectivity index (χ1n) is 26.6. The summed E-state index contributed by atoms with van der Waals surface area (Å²) >= 11 is 0. The lowest BCUT2D eigenvalue weighted by Gasteiger charge is -2.06. The molecule has 27 nitrogen and oxygen atoms in total. The Hall–Kier alpha value is -13.9. The Morgan fingerprint density at radius 2 is 0.435 bits per heavy atom. The summed E-state index contributed by atoms with van der Waals surface area (Å²) in [5, 5.41) is 106. The fraction of sp³-hybridized carbons (Fsp3) is 0. The molecule has 5 aromatic carbocycles. The van der Waals surface area contributed by atoms with Crippen LogP contribution in [0.15, 0.2) is 237 Å². The lowest BCUT2D eigenvalue weighted by Crippen LogP contribution is -2.12. The normalized spacial score (nSPS) is 9.78. The van der Waals surface area contributed by atoms with Gasteiger partial charge in [0.15, 0.2) is 0 Å². The third-order valence-electron chi connectivity index (χ3n) is 11.3.